The number of rotatable bonds is 5. The molecule has 2 aliphatic rings. The number of fused-ring (bicyclic) bond motifs is 4. The number of benzene rings is 4. The van der Waals surface area contributed by atoms with Gasteiger partial charge in [0.15, 0.2) is 0 Å². The van der Waals surface area contributed by atoms with Crippen molar-refractivity contribution in [2.24, 2.45) is 0 Å². The van der Waals surface area contributed by atoms with Gasteiger partial charge in [0, 0.05) is 11.6 Å². The van der Waals surface area contributed by atoms with E-state index < -0.39 is 23.9 Å². The van der Waals surface area contributed by atoms with Crippen molar-refractivity contribution in [1.29, 1.82) is 0 Å². The third kappa shape index (κ3) is 4.21. The second-order valence-electron chi connectivity index (χ2n) is 9.31. The Morgan fingerprint density at radius 1 is 0.769 bits per heavy atom. The summed E-state index contributed by atoms with van der Waals surface area (Å²) in [5, 5.41) is 3.18. The lowest BCUT2D eigenvalue weighted by Gasteiger charge is -2.16. The Morgan fingerprint density at radius 3 is 1.87 bits per heavy atom. The largest absolute Gasteiger partial charge is 0.448 e. The molecule has 0 atom stereocenters. The smallest absolute Gasteiger partial charge is 0.411 e. The van der Waals surface area contributed by atoms with Gasteiger partial charge in [-0.05, 0) is 65.1 Å². The number of imide groups is 1. The molecule has 0 bridgehead atoms. The van der Waals surface area contributed by atoms with Crippen molar-refractivity contribution in [2.45, 2.75) is 12.8 Å². The van der Waals surface area contributed by atoms with E-state index in [0.29, 0.717) is 16.3 Å². The Labute approximate surface area is 223 Å². The number of carbonyl (C=O) groups excluding carboxylic acids is 4. The molecule has 39 heavy (non-hydrogen) atoms. The lowest BCUT2D eigenvalue weighted by atomic mass is 9.98. The maximum absolute atomic E-state index is 12.7. The van der Waals surface area contributed by atoms with E-state index in [0.717, 1.165) is 22.3 Å². The molecule has 4 aromatic rings. The van der Waals surface area contributed by atoms with Gasteiger partial charge in [-0.3, -0.25) is 14.9 Å². The number of nitrogens with zero attached hydrogens (tertiary/aromatic N) is 1. The summed E-state index contributed by atoms with van der Waals surface area (Å²) in [5.41, 5.74) is 5.99. The predicted molar refractivity (Wildman–Crippen MR) is 142 cm³/mol. The molecular weight excluding hydrogens is 496 g/mol. The van der Waals surface area contributed by atoms with Gasteiger partial charge in [-0.2, -0.15) is 0 Å². The van der Waals surface area contributed by atoms with Gasteiger partial charge in [-0.1, -0.05) is 65.7 Å². The summed E-state index contributed by atoms with van der Waals surface area (Å²) in [6.07, 6.45) is -0.624. The van der Waals surface area contributed by atoms with Crippen LogP contribution in [0.25, 0.3) is 11.1 Å². The topological polar surface area (TPSA) is 102 Å². The number of aryl methyl sites for hydroxylation is 1. The highest BCUT2D eigenvalue weighted by Gasteiger charge is 2.39. The molecule has 1 aliphatic carbocycles. The minimum Gasteiger partial charge on any atom is -0.448 e. The van der Waals surface area contributed by atoms with Crippen LogP contribution >= 0.6 is 0 Å². The highest BCUT2D eigenvalue weighted by molar-refractivity contribution is 6.21. The van der Waals surface area contributed by atoms with Crippen LogP contribution in [0.5, 0.6) is 0 Å². The minimum atomic E-state index is -0.875. The third-order valence-corrected chi connectivity index (χ3v) is 6.97. The van der Waals surface area contributed by atoms with Crippen LogP contribution < -0.4 is 5.32 Å². The number of ether oxygens (including phenoxy) is 1. The van der Waals surface area contributed by atoms with Crippen molar-refractivity contribution in [3.8, 4) is 11.1 Å². The number of carbonyl (C=O) groups is 4. The second kappa shape index (κ2) is 9.57. The molecule has 1 aliphatic heterocycles. The predicted octanol–water partition coefficient (Wildman–Crippen LogP) is 5.72. The first-order valence-corrected chi connectivity index (χ1v) is 12.3. The Bertz CT molecular complexity index is 1600. The summed E-state index contributed by atoms with van der Waals surface area (Å²) in [6, 6.07) is 26.9. The average Bonchev–Trinajstić information content (AvgIpc) is 3.40. The molecule has 0 saturated heterocycles. The Hall–Kier alpha value is -5.24. The average molecular weight is 519 g/mol. The molecule has 4 aromatic carbocycles. The molecule has 0 saturated carbocycles. The molecule has 0 spiro atoms. The molecule has 1 N–H and O–H groups in total. The maximum Gasteiger partial charge on any atom is 0.411 e. The monoisotopic (exact) mass is 518 g/mol. The van der Waals surface area contributed by atoms with Crippen LogP contribution in [0.3, 0.4) is 0 Å². The van der Waals surface area contributed by atoms with Crippen molar-refractivity contribution in [3.05, 3.63) is 124 Å². The molecule has 0 fully saturated rings. The molecule has 8 heteroatoms. The summed E-state index contributed by atoms with van der Waals surface area (Å²) in [5.74, 6) is -2.34. The molecular formula is C31H22N2O6. The van der Waals surface area contributed by atoms with Crippen LogP contribution in [0.4, 0.5) is 10.5 Å². The molecule has 0 aromatic heterocycles. The summed E-state index contributed by atoms with van der Waals surface area (Å²) in [6.45, 7) is 1.88. The van der Waals surface area contributed by atoms with Crippen LogP contribution in [0, 0.1) is 6.92 Å². The minimum absolute atomic E-state index is 0.0662. The molecule has 0 unspecified atom stereocenters. The normalized spacial score (nSPS) is 13.5. The zero-order chi connectivity index (χ0) is 27.1. The van der Waals surface area contributed by atoms with Crippen molar-refractivity contribution in [2.75, 3.05) is 11.9 Å². The van der Waals surface area contributed by atoms with Crippen LogP contribution in [0.1, 0.15) is 53.7 Å². The number of nitrogens with one attached hydrogen (secondary N) is 1. The highest BCUT2D eigenvalue weighted by atomic mass is 16.7. The van der Waals surface area contributed by atoms with E-state index in [2.05, 4.69) is 17.4 Å². The molecule has 0 radical (unpaired) electrons. The molecule has 8 nitrogen and oxygen atoms in total. The zero-order valence-electron chi connectivity index (χ0n) is 20.8. The Morgan fingerprint density at radius 2 is 1.31 bits per heavy atom. The van der Waals surface area contributed by atoms with Gasteiger partial charge in [0.05, 0.1) is 16.7 Å². The zero-order valence-corrected chi connectivity index (χ0v) is 20.8. The molecule has 1 heterocycles. The van der Waals surface area contributed by atoms with Crippen molar-refractivity contribution in [1.82, 2.24) is 5.06 Å². The molecule has 3 amide bonds. The summed E-state index contributed by atoms with van der Waals surface area (Å²) >= 11 is 0. The fourth-order valence-corrected chi connectivity index (χ4v) is 5.06. The van der Waals surface area contributed by atoms with Gasteiger partial charge in [0.2, 0.25) is 0 Å². The summed E-state index contributed by atoms with van der Waals surface area (Å²) in [4.78, 5) is 55.4. The van der Waals surface area contributed by atoms with Gasteiger partial charge < -0.3 is 9.57 Å². The van der Waals surface area contributed by atoms with Crippen LogP contribution in [0.15, 0.2) is 91.0 Å². The lowest BCUT2D eigenvalue weighted by molar-refractivity contribution is -0.0584. The lowest BCUT2D eigenvalue weighted by Crippen LogP contribution is -2.32. The summed E-state index contributed by atoms with van der Waals surface area (Å²) < 4.78 is 5.60. The van der Waals surface area contributed by atoms with Crippen molar-refractivity contribution >= 4 is 29.6 Å². The van der Waals surface area contributed by atoms with E-state index in [1.54, 1.807) is 19.1 Å². The number of hydroxylamine groups is 2. The number of amides is 3. The van der Waals surface area contributed by atoms with Gasteiger partial charge >= 0.3 is 12.1 Å². The van der Waals surface area contributed by atoms with Crippen molar-refractivity contribution in [3.63, 3.8) is 0 Å². The highest BCUT2D eigenvalue weighted by Crippen LogP contribution is 2.44. The van der Waals surface area contributed by atoms with E-state index in [-0.39, 0.29) is 29.2 Å². The summed E-state index contributed by atoms with van der Waals surface area (Å²) in [7, 11) is 0. The first-order valence-electron chi connectivity index (χ1n) is 12.3. The quantitative estimate of drug-likeness (QED) is 0.339. The van der Waals surface area contributed by atoms with Crippen molar-refractivity contribution < 1.29 is 28.8 Å². The van der Waals surface area contributed by atoms with Crippen LogP contribution in [-0.2, 0) is 9.57 Å². The van der Waals surface area contributed by atoms with Gasteiger partial charge in [0.25, 0.3) is 11.8 Å². The SMILES string of the molecule is Cc1cc(C(=O)ON2C(=O)c3ccccc3C2=O)ccc1NC(=O)OCC1c2ccccc2-c2ccccc21. The fourth-order valence-electron chi connectivity index (χ4n) is 5.06. The number of hydrogen-bond donors (Lipinski definition) is 1. The Balaban J connectivity index is 1.10. The van der Waals surface area contributed by atoms with E-state index in [4.69, 9.17) is 9.57 Å². The number of anilines is 1. The third-order valence-electron chi connectivity index (χ3n) is 6.97. The Kier molecular flexibility index (Phi) is 5.92. The first kappa shape index (κ1) is 24.1. The van der Waals surface area contributed by atoms with E-state index in [1.165, 1.54) is 30.3 Å². The van der Waals surface area contributed by atoms with Crippen LogP contribution in [-0.4, -0.2) is 35.5 Å². The molecule has 192 valence electrons. The van der Waals surface area contributed by atoms with E-state index in [9.17, 15) is 19.2 Å². The maximum atomic E-state index is 12.7. The first-order chi connectivity index (χ1) is 18.9. The molecule has 6 rings (SSSR count). The van der Waals surface area contributed by atoms with Crippen LogP contribution in [0.2, 0.25) is 0 Å². The number of hydrogen-bond acceptors (Lipinski definition) is 6. The van der Waals surface area contributed by atoms with Gasteiger partial charge in [0.1, 0.15) is 6.61 Å². The van der Waals surface area contributed by atoms with E-state index in [1.807, 2.05) is 36.4 Å². The standard InChI is InChI=1S/C31H22N2O6/c1-18-16-19(30(36)39-33-28(34)24-12-6-7-13-25(24)29(33)35)14-15-27(18)32-31(37)38-17-26-22-10-4-2-8-20(22)21-9-3-5-11-23(21)26/h2-16,26H,17H2,1H3,(H,32,37). The second-order valence-corrected chi connectivity index (χ2v) is 9.31. The van der Waals surface area contributed by atoms with Gasteiger partial charge in [-0.15, -0.1) is 0 Å². The van der Waals surface area contributed by atoms with Gasteiger partial charge in [-0.25, -0.2) is 9.59 Å². The van der Waals surface area contributed by atoms with E-state index >= 15 is 0 Å². The fraction of sp³-hybridized carbons (Fsp3) is 0.0968.